The number of benzene rings is 1. The Morgan fingerprint density at radius 2 is 2.00 bits per heavy atom. The van der Waals surface area contributed by atoms with Crippen LogP contribution in [0, 0.1) is 0 Å². The molecule has 0 saturated heterocycles. The fraction of sp³-hybridized carbons (Fsp3) is 0.412. The average Bonchev–Trinajstić information content (AvgIpc) is 2.77. The first kappa shape index (κ1) is 16.1. The van der Waals surface area contributed by atoms with E-state index in [1.54, 1.807) is 25.1 Å². The molecule has 0 atom stereocenters. The van der Waals surface area contributed by atoms with Gasteiger partial charge in [0, 0.05) is 37.5 Å². The Hall–Kier alpha value is -2.30. The summed E-state index contributed by atoms with van der Waals surface area (Å²) < 4.78 is 5.48. The quantitative estimate of drug-likeness (QED) is 0.786. The van der Waals surface area contributed by atoms with Gasteiger partial charge in [0.1, 0.15) is 17.3 Å². The van der Waals surface area contributed by atoms with Crippen LogP contribution in [-0.2, 0) is 4.79 Å². The lowest BCUT2D eigenvalue weighted by molar-refractivity contribution is -0.121. The van der Waals surface area contributed by atoms with Gasteiger partial charge < -0.3 is 9.64 Å². The van der Waals surface area contributed by atoms with E-state index in [4.69, 9.17) is 4.74 Å². The van der Waals surface area contributed by atoms with Crippen LogP contribution >= 0.6 is 0 Å². The Morgan fingerprint density at radius 1 is 1.32 bits per heavy atom. The SMILES string of the molecule is CCN(CC)c1ccc(/C=C2\N=C(C)N(C)C2=O)c(OC)c1. The van der Waals surface area contributed by atoms with Gasteiger partial charge in [0.05, 0.1) is 7.11 Å². The summed E-state index contributed by atoms with van der Waals surface area (Å²) in [6.45, 7) is 7.94. The number of amides is 1. The molecular formula is C17H23N3O2. The number of amidine groups is 1. The predicted molar refractivity (Wildman–Crippen MR) is 90.4 cm³/mol. The smallest absolute Gasteiger partial charge is 0.277 e. The summed E-state index contributed by atoms with van der Waals surface area (Å²) in [4.78, 5) is 20.2. The summed E-state index contributed by atoms with van der Waals surface area (Å²) in [6, 6.07) is 6.01. The Labute approximate surface area is 131 Å². The van der Waals surface area contributed by atoms with Crippen LogP contribution in [0.2, 0.25) is 0 Å². The second kappa shape index (κ2) is 6.64. The highest BCUT2D eigenvalue weighted by Crippen LogP contribution is 2.28. The number of rotatable bonds is 5. The Kier molecular flexibility index (Phi) is 4.85. The lowest BCUT2D eigenvalue weighted by Gasteiger charge is -2.22. The molecule has 0 aliphatic carbocycles. The maximum atomic E-state index is 12.1. The molecule has 118 valence electrons. The van der Waals surface area contributed by atoms with Crippen LogP contribution in [0.1, 0.15) is 26.3 Å². The molecule has 1 aromatic carbocycles. The van der Waals surface area contributed by atoms with Crippen LogP contribution in [0.5, 0.6) is 5.75 Å². The highest BCUT2D eigenvalue weighted by molar-refractivity contribution is 6.13. The van der Waals surface area contributed by atoms with Gasteiger partial charge in [0.25, 0.3) is 5.91 Å². The van der Waals surface area contributed by atoms with Crippen molar-refractivity contribution in [3.63, 3.8) is 0 Å². The third-order valence-corrected chi connectivity index (χ3v) is 3.93. The van der Waals surface area contributed by atoms with Gasteiger partial charge in [0.2, 0.25) is 0 Å². The average molecular weight is 301 g/mol. The second-order valence-electron chi connectivity index (χ2n) is 5.15. The summed E-state index contributed by atoms with van der Waals surface area (Å²) in [6.07, 6.45) is 1.78. The van der Waals surface area contributed by atoms with Crippen molar-refractivity contribution in [3.8, 4) is 5.75 Å². The summed E-state index contributed by atoms with van der Waals surface area (Å²) in [5, 5.41) is 0. The van der Waals surface area contributed by atoms with E-state index in [0.29, 0.717) is 11.5 Å². The van der Waals surface area contributed by atoms with Crippen molar-refractivity contribution >= 4 is 23.5 Å². The minimum atomic E-state index is -0.0904. The molecule has 1 amide bonds. The maximum Gasteiger partial charge on any atom is 0.277 e. The fourth-order valence-electron chi connectivity index (χ4n) is 2.46. The minimum Gasteiger partial charge on any atom is -0.496 e. The van der Waals surface area contributed by atoms with Gasteiger partial charge >= 0.3 is 0 Å². The number of likely N-dealkylation sites (N-methyl/N-ethyl adjacent to an activating group) is 1. The molecule has 1 aliphatic heterocycles. The van der Waals surface area contributed by atoms with E-state index in [9.17, 15) is 4.79 Å². The van der Waals surface area contributed by atoms with Crippen LogP contribution in [0.25, 0.3) is 6.08 Å². The molecule has 0 radical (unpaired) electrons. The number of aliphatic imine (C=N–C) groups is 1. The van der Waals surface area contributed by atoms with Crippen molar-refractivity contribution in [3.05, 3.63) is 29.5 Å². The van der Waals surface area contributed by atoms with Gasteiger partial charge in [0.15, 0.2) is 0 Å². The molecule has 1 heterocycles. The van der Waals surface area contributed by atoms with Crippen LogP contribution in [-0.4, -0.2) is 43.9 Å². The molecule has 0 spiro atoms. The molecule has 0 fully saturated rings. The van der Waals surface area contributed by atoms with Gasteiger partial charge in [-0.3, -0.25) is 9.69 Å². The molecule has 5 nitrogen and oxygen atoms in total. The largest absolute Gasteiger partial charge is 0.496 e. The maximum absolute atomic E-state index is 12.1. The third-order valence-electron chi connectivity index (χ3n) is 3.93. The Bertz CT molecular complexity index is 631. The fourth-order valence-corrected chi connectivity index (χ4v) is 2.46. The second-order valence-corrected chi connectivity index (χ2v) is 5.15. The molecule has 2 rings (SSSR count). The Balaban J connectivity index is 2.39. The molecule has 22 heavy (non-hydrogen) atoms. The summed E-state index contributed by atoms with van der Waals surface area (Å²) in [5.41, 5.74) is 2.40. The minimum absolute atomic E-state index is 0.0904. The molecule has 1 aliphatic rings. The van der Waals surface area contributed by atoms with E-state index in [1.807, 2.05) is 25.1 Å². The number of carbonyl (C=O) groups excluding carboxylic acids is 1. The van der Waals surface area contributed by atoms with Crippen LogP contribution in [0.15, 0.2) is 28.9 Å². The van der Waals surface area contributed by atoms with Crippen LogP contribution in [0.3, 0.4) is 0 Å². The zero-order valence-corrected chi connectivity index (χ0v) is 13.9. The van der Waals surface area contributed by atoms with E-state index in [0.717, 1.165) is 30.1 Å². The van der Waals surface area contributed by atoms with E-state index >= 15 is 0 Å². The highest BCUT2D eigenvalue weighted by atomic mass is 16.5. The lowest BCUT2D eigenvalue weighted by Crippen LogP contribution is -2.25. The van der Waals surface area contributed by atoms with E-state index in [1.165, 1.54) is 0 Å². The monoisotopic (exact) mass is 301 g/mol. The standard InChI is InChI=1S/C17H23N3O2/c1-6-20(7-2)14-9-8-13(16(11-14)22-5)10-15-17(21)19(4)12(3)18-15/h8-11H,6-7H2,1-5H3/b15-10-. The Morgan fingerprint density at radius 3 is 2.50 bits per heavy atom. The van der Waals surface area contributed by atoms with E-state index < -0.39 is 0 Å². The number of hydrogen-bond acceptors (Lipinski definition) is 4. The van der Waals surface area contributed by atoms with Crippen molar-refractivity contribution in [2.24, 2.45) is 4.99 Å². The molecule has 0 bridgehead atoms. The summed E-state index contributed by atoms with van der Waals surface area (Å²) in [7, 11) is 3.36. The molecule has 5 heteroatoms. The van der Waals surface area contributed by atoms with Crippen molar-refractivity contribution in [2.75, 3.05) is 32.1 Å². The zero-order valence-electron chi connectivity index (χ0n) is 13.9. The normalized spacial score (nSPS) is 16.2. The van der Waals surface area contributed by atoms with Crippen molar-refractivity contribution < 1.29 is 9.53 Å². The lowest BCUT2D eigenvalue weighted by atomic mass is 10.1. The van der Waals surface area contributed by atoms with Crippen LogP contribution in [0.4, 0.5) is 5.69 Å². The van der Waals surface area contributed by atoms with E-state index in [-0.39, 0.29) is 5.91 Å². The van der Waals surface area contributed by atoms with Crippen molar-refractivity contribution in [2.45, 2.75) is 20.8 Å². The van der Waals surface area contributed by atoms with Crippen LogP contribution < -0.4 is 9.64 Å². The number of hydrogen-bond donors (Lipinski definition) is 0. The molecule has 0 unspecified atom stereocenters. The molecule has 0 aromatic heterocycles. The number of methoxy groups -OCH3 is 1. The first-order valence-corrected chi connectivity index (χ1v) is 7.49. The van der Waals surface area contributed by atoms with Gasteiger partial charge in [-0.05, 0) is 39.0 Å². The summed E-state index contributed by atoms with van der Waals surface area (Å²) in [5.74, 6) is 1.36. The summed E-state index contributed by atoms with van der Waals surface area (Å²) >= 11 is 0. The predicted octanol–water partition coefficient (Wildman–Crippen LogP) is 2.77. The van der Waals surface area contributed by atoms with E-state index in [2.05, 4.69) is 23.7 Å². The van der Waals surface area contributed by atoms with Crippen molar-refractivity contribution in [1.82, 2.24) is 4.90 Å². The third kappa shape index (κ3) is 2.98. The molecule has 1 aromatic rings. The van der Waals surface area contributed by atoms with Gasteiger partial charge in [-0.25, -0.2) is 4.99 Å². The van der Waals surface area contributed by atoms with Gasteiger partial charge in [-0.15, -0.1) is 0 Å². The molecule has 0 saturated carbocycles. The number of ether oxygens (including phenoxy) is 1. The number of carbonyl (C=O) groups is 1. The first-order valence-electron chi connectivity index (χ1n) is 7.49. The highest BCUT2D eigenvalue weighted by Gasteiger charge is 2.24. The van der Waals surface area contributed by atoms with Gasteiger partial charge in [-0.1, -0.05) is 0 Å². The topological polar surface area (TPSA) is 45.1 Å². The van der Waals surface area contributed by atoms with Crippen molar-refractivity contribution in [1.29, 1.82) is 0 Å². The first-order chi connectivity index (χ1) is 10.5. The number of nitrogens with zero attached hydrogens (tertiary/aromatic N) is 3. The molecular weight excluding hydrogens is 278 g/mol. The molecule has 0 N–H and O–H groups in total. The zero-order chi connectivity index (χ0) is 16.3. The van der Waals surface area contributed by atoms with Gasteiger partial charge in [-0.2, -0.15) is 0 Å². The number of anilines is 1.